The molecule has 0 heterocycles. The van der Waals surface area contributed by atoms with E-state index >= 15 is 0 Å². The minimum atomic E-state index is 0.678. The molecule has 3 rings (SSSR count). The van der Waals surface area contributed by atoms with Gasteiger partial charge in [0.05, 0.1) is 11.6 Å². The van der Waals surface area contributed by atoms with Gasteiger partial charge in [-0.15, -0.1) is 0 Å². The SMILES string of the molecule is Cc1ccc(C#Cc2ccc(-c3ccc(C#N)cc3)c(C)c2)cc1. The quantitative estimate of drug-likeness (QED) is 0.564. The van der Waals surface area contributed by atoms with Gasteiger partial charge in [-0.05, 0) is 66.9 Å². The number of nitriles is 1. The average Bonchev–Trinajstić information content (AvgIpc) is 2.61. The van der Waals surface area contributed by atoms with Crippen LogP contribution in [-0.4, -0.2) is 0 Å². The Morgan fingerprint density at radius 1 is 0.667 bits per heavy atom. The molecule has 3 aromatic carbocycles. The molecule has 0 bridgehead atoms. The van der Waals surface area contributed by atoms with Crippen LogP contribution in [0.25, 0.3) is 11.1 Å². The fourth-order valence-corrected chi connectivity index (χ4v) is 2.57. The summed E-state index contributed by atoms with van der Waals surface area (Å²) in [5.74, 6) is 6.43. The van der Waals surface area contributed by atoms with Gasteiger partial charge in [0.2, 0.25) is 0 Å². The molecule has 1 nitrogen and oxygen atoms in total. The van der Waals surface area contributed by atoms with Gasteiger partial charge in [0.1, 0.15) is 0 Å². The maximum Gasteiger partial charge on any atom is 0.0991 e. The lowest BCUT2D eigenvalue weighted by molar-refractivity contribution is 1.43. The summed E-state index contributed by atoms with van der Waals surface area (Å²) in [6.07, 6.45) is 0. The molecule has 0 N–H and O–H groups in total. The van der Waals surface area contributed by atoms with E-state index < -0.39 is 0 Å². The Labute approximate surface area is 143 Å². The van der Waals surface area contributed by atoms with Crippen LogP contribution in [0, 0.1) is 37.0 Å². The summed E-state index contributed by atoms with van der Waals surface area (Å²) in [6.45, 7) is 4.16. The molecule has 0 radical (unpaired) electrons. The number of nitrogens with zero attached hydrogens (tertiary/aromatic N) is 1. The zero-order valence-electron chi connectivity index (χ0n) is 13.8. The molecule has 114 valence electrons. The highest BCUT2D eigenvalue weighted by molar-refractivity contribution is 5.69. The molecule has 0 aliphatic carbocycles. The molecular formula is C23H17N. The monoisotopic (exact) mass is 307 g/mol. The Balaban J connectivity index is 1.87. The summed E-state index contributed by atoms with van der Waals surface area (Å²) in [4.78, 5) is 0. The van der Waals surface area contributed by atoms with Gasteiger partial charge in [-0.1, -0.05) is 47.7 Å². The Morgan fingerprint density at radius 2 is 1.25 bits per heavy atom. The van der Waals surface area contributed by atoms with Crippen molar-refractivity contribution < 1.29 is 0 Å². The third kappa shape index (κ3) is 3.54. The van der Waals surface area contributed by atoms with Crippen molar-refractivity contribution in [2.45, 2.75) is 13.8 Å². The maximum atomic E-state index is 8.89. The zero-order valence-corrected chi connectivity index (χ0v) is 13.8. The number of benzene rings is 3. The highest BCUT2D eigenvalue weighted by atomic mass is 14.2. The highest BCUT2D eigenvalue weighted by Gasteiger charge is 2.02. The lowest BCUT2D eigenvalue weighted by Crippen LogP contribution is -1.86. The van der Waals surface area contributed by atoms with E-state index in [1.54, 1.807) is 0 Å². The van der Waals surface area contributed by atoms with Gasteiger partial charge in [0.25, 0.3) is 0 Å². The summed E-state index contributed by atoms with van der Waals surface area (Å²) < 4.78 is 0. The van der Waals surface area contributed by atoms with Crippen LogP contribution in [0.2, 0.25) is 0 Å². The van der Waals surface area contributed by atoms with Crippen molar-refractivity contribution >= 4 is 0 Å². The summed E-state index contributed by atoms with van der Waals surface area (Å²) in [5.41, 5.74) is 7.40. The smallest absolute Gasteiger partial charge is 0.0991 e. The average molecular weight is 307 g/mol. The molecular weight excluding hydrogens is 290 g/mol. The van der Waals surface area contributed by atoms with Crippen LogP contribution in [0.15, 0.2) is 66.7 Å². The molecule has 0 atom stereocenters. The van der Waals surface area contributed by atoms with Crippen LogP contribution in [0.3, 0.4) is 0 Å². The Bertz CT molecular complexity index is 960. The molecule has 0 spiro atoms. The van der Waals surface area contributed by atoms with E-state index in [2.05, 4.69) is 56.0 Å². The van der Waals surface area contributed by atoms with E-state index in [9.17, 15) is 0 Å². The molecule has 0 saturated carbocycles. The molecule has 0 aromatic heterocycles. The van der Waals surface area contributed by atoms with E-state index in [1.165, 1.54) is 16.7 Å². The lowest BCUT2D eigenvalue weighted by Gasteiger charge is -2.06. The van der Waals surface area contributed by atoms with Crippen molar-refractivity contribution in [1.29, 1.82) is 5.26 Å². The molecule has 24 heavy (non-hydrogen) atoms. The van der Waals surface area contributed by atoms with Crippen molar-refractivity contribution in [3.63, 3.8) is 0 Å². The van der Waals surface area contributed by atoms with Crippen molar-refractivity contribution in [2.75, 3.05) is 0 Å². The third-order valence-corrected chi connectivity index (χ3v) is 3.95. The largest absolute Gasteiger partial charge is 0.192 e. The fourth-order valence-electron chi connectivity index (χ4n) is 2.57. The number of aryl methyl sites for hydroxylation is 2. The predicted octanol–water partition coefficient (Wildman–Crippen LogP) is 5.24. The Morgan fingerprint density at radius 3 is 1.88 bits per heavy atom. The summed E-state index contributed by atoms with van der Waals surface area (Å²) in [7, 11) is 0. The second-order valence-electron chi connectivity index (χ2n) is 5.83. The van der Waals surface area contributed by atoms with Gasteiger partial charge in [0, 0.05) is 11.1 Å². The molecule has 0 aliphatic heterocycles. The number of hydrogen-bond acceptors (Lipinski definition) is 1. The second-order valence-corrected chi connectivity index (χ2v) is 5.83. The number of rotatable bonds is 1. The van der Waals surface area contributed by atoms with Crippen molar-refractivity contribution in [3.8, 4) is 29.0 Å². The minimum Gasteiger partial charge on any atom is -0.192 e. The van der Waals surface area contributed by atoms with E-state index in [-0.39, 0.29) is 0 Å². The molecule has 1 heteroatoms. The molecule has 0 amide bonds. The predicted molar refractivity (Wildman–Crippen MR) is 98.5 cm³/mol. The van der Waals surface area contributed by atoms with Gasteiger partial charge < -0.3 is 0 Å². The molecule has 0 fully saturated rings. The zero-order chi connectivity index (χ0) is 16.9. The first kappa shape index (κ1) is 15.6. The Kier molecular flexibility index (Phi) is 4.46. The first-order valence-corrected chi connectivity index (χ1v) is 7.85. The summed E-state index contributed by atoms with van der Waals surface area (Å²) in [5, 5.41) is 8.89. The van der Waals surface area contributed by atoms with Gasteiger partial charge in [0.15, 0.2) is 0 Å². The lowest BCUT2D eigenvalue weighted by atomic mass is 9.98. The standard InChI is InChI=1S/C23H17N/c1-17-3-5-19(6-4-17)7-8-20-11-14-23(18(2)15-20)22-12-9-21(16-24)10-13-22/h3-6,9-15H,1-2H3. The fraction of sp³-hybridized carbons (Fsp3) is 0.0870. The third-order valence-electron chi connectivity index (χ3n) is 3.95. The van der Waals surface area contributed by atoms with Crippen LogP contribution in [-0.2, 0) is 0 Å². The molecule has 3 aromatic rings. The van der Waals surface area contributed by atoms with Gasteiger partial charge in [-0.25, -0.2) is 0 Å². The van der Waals surface area contributed by atoms with Gasteiger partial charge in [-0.3, -0.25) is 0 Å². The first-order chi connectivity index (χ1) is 11.7. The van der Waals surface area contributed by atoms with Crippen molar-refractivity contribution in [2.24, 2.45) is 0 Å². The van der Waals surface area contributed by atoms with Crippen molar-refractivity contribution in [1.82, 2.24) is 0 Å². The highest BCUT2D eigenvalue weighted by Crippen LogP contribution is 2.24. The maximum absolute atomic E-state index is 8.89. The van der Waals surface area contributed by atoms with Crippen LogP contribution in [0.5, 0.6) is 0 Å². The Hall–Kier alpha value is -3.29. The normalized spacial score (nSPS) is 9.71. The first-order valence-electron chi connectivity index (χ1n) is 7.85. The molecule has 0 aliphatic rings. The van der Waals surface area contributed by atoms with Crippen molar-refractivity contribution in [3.05, 3.63) is 94.5 Å². The van der Waals surface area contributed by atoms with E-state index in [0.717, 1.165) is 16.7 Å². The second kappa shape index (κ2) is 6.86. The summed E-state index contributed by atoms with van der Waals surface area (Å²) in [6, 6.07) is 24.3. The van der Waals surface area contributed by atoms with E-state index in [4.69, 9.17) is 5.26 Å². The van der Waals surface area contributed by atoms with Crippen LogP contribution >= 0.6 is 0 Å². The summed E-state index contributed by atoms with van der Waals surface area (Å²) >= 11 is 0. The minimum absolute atomic E-state index is 0.678. The van der Waals surface area contributed by atoms with Gasteiger partial charge in [-0.2, -0.15) is 5.26 Å². The van der Waals surface area contributed by atoms with Gasteiger partial charge >= 0.3 is 0 Å². The van der Waals surface area contributed by atoms with E-state index in [1.807, 2.05) is 42.5 Å². The molecule has 0 unspecified atom stereocenters. The van der Waals surface area contributed by atoms with Crippen LogP contribution < -0.4 is 0 Å². The topological polar surface area (TPSA) is 23.8 Å². The molecule has 0 saturated heterocycles. The van der Waals surface area contributed by atoms with Crippen LogP contribution in [0.4, 0.5) is 0 Å². The van der Waals surface area contributed by atoms with Crippen LogP contribution in [0.1, 0.15) is 27.8 Å². The van der Waals surface area contributed by atoms with E-state index in [0.29, 0.717) is 5.56 Å². The number of hydrogen-bond donors (Lipinski definition) is 0.